The van der Waals surface area contributed by atoms with Gasteiger partial charge in [-0.1, -0.05) is 5.16 Å². The van der Waals surface area contributed by atoms with Crippen molar-refractivity contribution < 1.29 is 5.21 Å². The Labute approximate surface area is 117 Å². The molecule has 0 aliphatic heterocycles. The summed E-state index contributed by atoms with van der Waals surface area (Å²) in [6.07, 6.45) is 5.50. The van der Waals surface area contributed by atoms with Gasteiger partial charge in [0.05, 0.1) is 6.20 Å². The molecule has 2 aromatic rings. The van der Waals surface area contributed by atoms with Crippen molar-refractivity contribution in [3.63, 3.8) is 0 Å². The zero-order valence-corrected chi connectivity index (χ0v) is 11.6. The number of aromatic nitrogens is 3. The van der Waals surface area contributed by atoms with E-state index in [1.807, 2.05) is 38.6 Å². The smallest absolute Gasteiger partial charge is 0.188 e. The van der Waals surface area contributed by atoms with Crippen molar-refractivity contribution in [1.29, 1.82) is 0 Å². The lowest BCUT2D eigenvalue weighted by atomic mass is 10.2. The largest absolute Gasteiger partial charge is 0.409 e. The Kier molecular flexibility index (Phi) is 4.31. The van der Waals surface area contributed by atoms with Gasteiger partial charge in [-0.25, -0.2) is 0 Å². The van der Waals surface area contributed by atoms with Gasteiger partial charge in [0.1, 0.15) is 5.69 Å². The van der Waals surface area contributed by atoms with E-state index in [-0.39, 0.29) is 5.84 Å². The number of hydrogen-bond donors (Lipinski definition) is 2. The minimum Gasteiger partial charge on any atom is -0.409 e. The standard InChI is InChI=1S/C13H18N6O/c1-18(8-11-6-16-19(2)9-11)7-10-3-4-15-12(5-10)13(14)17-20/h3-6,9,20H,7-8H2,1-2H3,(H2,14,17). The number of nitrogens with two attached hydrogens (primary N) is 1. The predicted octanol–water partition coefficient (Wildman–Crippen LogP) is 0.542. The van der Waals surface area contributed by atoms with Crippen molar-refractivity contribution >= 4 is 5.84 Å². The molecular weight excluding hydrogens is 256 g/mol. The first-order valence-corrected chi connectivity index (χ1v) is 6.17. The Balaban J connectivity index is 2.02. The van der Waals surface area contributed by atoms with E-state index in [0.29, 0.717) is 5.69 Å². The lowest BCUT2D eigenvalue weighted by Gasteiger charge is -2.15. The van der Waals surface area contributed by atoms with Gasteiger partial charge in [0.15, 0.2) is 5.84 Å². The average molecular weight is 274 g/mol. The van der Waals surface area contributed by atoms with Crippen LogP contribution in [0.2, 0.25) is 0 Å². The van der Waals surface area contributed by atoms with Gasteiger partial charge in [0, 0.05) is 38.1 Å². The SMILES string of the molecule is CN(Cc1ccnc(C(N)=NO)c1)Cc1cnn(C)c1. The van der Waals surface area contributed by atoms with Gasteiger partial charge in [0.25, 0.3) is 0 Å². The van der Waals surface area contributed by atoms with Crippen LogP contribution < -0.4 is 5.73 Å². The number of hydrogen-bond acceptors (Lipinski definition) is 5. The second-order valence-corrected chi connectivity index (χ2v) is 4.73. The summed E-state index contributed by atoms with van der Waals surface area (Å²) < 4.78 is 1.78. The summed E-state index contributed by atoms with van der Waals surface area (Å²) in [6.45, 7) is 1.54. The van der Waals surface area contributed by atoms with Gasteiger partial charge in [0.2, 0.25) is 0 Å². The molecule has 2 aromatic heterocycles. The van der Waals surface area contributed by atoms with Crippen LogP contribution in [0, 0.1) is 0 Å². The molecule has 2 heterocycles. The summed E-state index contributed by atoms with van der Waals surface area (Å²) >= 11 is 0. The molecule has 7 nitrogen and oxygen atoms in total. The number of oxime groups is 1. The molecule has 0 saturated heterocycles. The number of rotatable bonds is 5. The number of amidine groups is 1. The summed E-state index contributed by atoms with van der Waals surface area (Å²) in [6, 6.07) is 3.72. The maximum Gasteiger partial charge on any atom is 0.188 e. The third-order valence-corrected chi connectivity index (χ3v) is 2.86. The monoisotopic (exact) mass is 274 g/mol. The first kappa shape index (κ1) is 14.0. The van der Waals surface area contributed by atoms with E-state index in [4.69, 9.17) is 10.9 Å². The summed E-state index contributed by atoms with van der Waals surface area (Å²) in [5, 5.41) is 15.8. The van der Waals surface area contributed by atoms with Gasteiger partial charge in [-0.05, 0) is 24.7 Å². The fraction of sp³-hybridized carbons (Fsp3) is 0.308. The molecule has 7 heteroatoms. The summed E-state index contributed by atoms with van der Waals surface area (Å²) in [5.74, 6) is 0.0155. The molecule has 0 spiro atoms. The minimum atomic E-state index is 0.0155. The molecule has 0 aliphatic rings. The van der Waals surface area contributed by atoms with Crippen LogP contribution in [0.3, 0.4) is 0 Å². The number of aryl methyl sites for hydroxylation is 1. The lowest BCUT2D eigenvalue weighted by Crippen LogP contribution is -2.19. The van der Waals surface area contributed by atoms with Crippen molar-refractivity contribution in [3.05, 3.63) is 47.5 Å². The van der Waals surface area contributed by atoms with Crippen LogP contribution in [-0.2, 0) is 20.1 Å². The van der Waals surface area contributed by atoms with Gasteiger partial charge >= 0.3 is 0 Å². The Hall–Kier alpha value is -2.41. The molecule has 0 aliphatic carbocycles. The lowest BCUT2D eigenvalue weighted by molar-refractivity contribution is 0.317. The second-order valence-electron chi connectivity index (χ2n) is 4.73. The number of pyridine rings is 1. The molecule has 20 heavy (non-hydrogen) atoms. The quantitative estimate of drug-likeness (QED) is 0.359. The zero-order valence-electron chi connectivity index (χ0n) is 11.6. The van der Waals surface area contributed by atoms with Gasteiger partial charge in [-0.2, -0.15) is 5.10 Å². The highest BCUT2D eigenvalue weighted by molar-refractivity contribution is 5.95. The summed E-state index contributed by atoms with van der Waals surface area (Å²) in [7, 11) is 3.92. The van der Waals surface area contributed by atoms with E-state index < -0.39 is 0 Å². The Morgan fingerprint density at radius 2 is 2.20 bits per heavy atom. The molecule has 0 radical (unpaired) electrons. The highest BCUT2D eigenvalue weighted by Crippen LogP contribution is 2.08. The maximum absolute atomic E-state index is 8.66. The van der Waals surface area contributed by atoms with Crippen molar-refractivity contribution in [1.82, 2.24) is 19.7 Å². The molecule has 0 saturated carbocycles. The van der Waals surface area contributed by atoms with Crippen LogP contribution in [0.4, 0.5) is 0 Å². The van der Waals surface area contributed by atoms with Crippen LogP contribution in [0.25, 0.3) is 0 Å². The van der Waals surface area contributed by atoms with Crippen molar-refractivity contribution in [2.75, 3.05) is 7.05 Å². The fourth-order valence-electron chi connectivity index (χ4n) is 2.00. The molecule has 0 bridgehead atoms. The molecular formula is C13H18N6O. The Morgan fingerprint density at radius 1 is 1.45 bits per heavy atom. The molecule has 0 unspecified atom stereocenters. The molecule has 3 N–H and O–H groups in total. The van der Waals surface area contributed by atoms with E-state index >= 15 is 0 Å². The molecule has 0 atom stereocenters. The molecule has 0 fully saturated rings. The predicted molar refractivity (Wildman–Crippen MR) is 75.1 cm³/mol. The average Bonchev–Trinajstić information content (AvgIpc) is 2.83. The summed E-state index contributed by atoms with van der Waals surface area (Å²) in [5.41, 5.74) is 8.21. The van der Waals surface area contributed by atoms with Gasteiger partial charge < -0.3 is 10.9 Å². The zero-order chi connectivity index (χ0) is 14.5. The van der Waals surface area contributed by atoms with Crippen LogP contribution in [-0.4, -0.2) is 37.8 Å². The highest BCUT2D eigenvalue weighted by atomic mass is 16.4. The van der Waals surface area contributed by atoms with Crippen LogP contribution in [0.15, 0.2) is 35.9 Å². The normalized spacial score (nSPS) is 12.1. The summed E-state index contributed by atoms with van der Waals surface area (Å²) in [4.78, 5) is 6.21. The number of nitrogens with zero attached hydrogens (tertiary/aromatic N) is 5. The molecule has 106 valence electrons. The minimum absolute atomic E-state index is 0.0155. The molecule has 0 aromatic carbocycles. The van der Waals surface area contributed by atoms with Gasteiger partial charge in [-0.3, -0.25) is 14.6 Å². The Morgan fingerprint density at radius 3 is 2.85 bits per heavy atom. The Bertz CT molecular complexity index is 606. The first-order valence-electron chi connectivity index (χ1n) is 6.17. The first-order chi connectivity index (χ1) is 9.58. The molecule has 2 rings (SSSR count). The van der Waals surface area contributed by atoms with Crippen molar-refractivity contribution in [2.24, 2.45) is 17.9 Å². The van der Waals surface area contributed by atoms with Crippen molar-refractivity contribution in [2.45, 2.75) is 13.1 Å². The fourth-order valence-corrected chi connectivity index (χ4v) is 2.00. The topological polar surface area (TPSA) is 92.6 Å². The third-order valence-electron chi connectivity index (χ3n) is 2.86. The van der Waals surface area contributed by atoms with E-state index in [2.05, 4.69) is 20.1 Å². The third kappa shape index (κ3) is 3.55. The van der Waals surface area contributed by atoms with E-state index in [0.717, 1.165) is 24.2 Å². The van der Waals surface area contributed by atoms with E-state index in [9.17, 15) is 0 Å². The van der Waals surface area contributed by atoms with Gasteiger partial charge in [-0.15, -0.1) is 0 Å². The highest BCUT2D eigenvalue weighted by Gasteiger charge is 2.06. The molecule has 0 amide bonds. The van der Waals surface area contributed by atoms with Crippen LogP contribution >= 0.6 is 0 Å². The van der Waals surface area contributed by atoms with E-state index in [1.165, 1.54) is 0 Å². The van der Waals surface area contributed by atoms with Crippen LogP contribution in [0.5, 0.6) is 0 Å². The van der Waals surface area contributed by atoms with Crippen molar-refractivity contribution in [3.8, 4) is 0 Å². The second kappa shape index (κ2) is 6.16. The van der Waals surface area contributed by atoms with E-state index in [1.54, 1.807) is 10.9 Å². The van der Waals surface area contributed by atoms with Crippen LogP contribution in [0.1, 0.15) is 16.8 Å². The maximum atomic E-state index is 8.66.